The second-order valence-electron chi connectivity index (χ2n) is 5.02. The van der Waals surface area contributed by atoms with Crippen molar-refractivity contribution in [2.24, 2.45) is 0 Å². The quantitative estimate of drug-likeness (QED) is 0.637. The topological polar surface area (TPSA) is 17.1 Å². The highest BCUT2D eigenvalue weighted by molar-refractivity contribution is 9.10. The smallest absolute Gasteiger partial charge is 0.160 e. The van der Waals surface area contributed by atoms with Gasteiger partial charge in [-0.1, -0.05) is 53.7 Å². The van der Waals surface area contributed by atoms with E-state index in [4.69, 9.17) is 0 Å². The third-order valence-electron chi connectivity index (χ3n) is 3.10. The zero-order chi connectivity index (χ0) is 14.7. The van der Waals surface area contributed by atoms with Crippen molar-refractivity contribution >= 4 is 33.5 Å². The molecule has 0 aliphatic heterocycles. The van der Waals surface area contributed by atoms with Gasteiger partial charge in [0.1, 0.15) is 0 Å². The van der Waals surface area contributed by atoms with Crippen molar-refractivity contribution in [2.45, 2.75) is 36.5 Å². The van der Waals surface area contributed by atoms with E-state index in [0.717, 1.165) is 14.9 Å². The van der Waals surface area contributed by atoms with Crippen molar-refractivity contribution in [1.29, 1.82) is 0 Å². The van der Waals surface area contributed by atoms with Gasteiger partial charge in [0.05, 0.1) is 0 Å². The van der Waals surface area contributed by atoms with E-state index in [9.17, 15) is 4.79 Å². The van der Waals surface area contributed by atoms with Gasteiger partial charge in [-0.2, -0.15) is 0 Å². The molecule has 0 spiro atoms. The fourth-order valence-electron chi connectivity index (χ4n) is 1.90. The van der Waals surface area contributed by atoms with Crippen LogP contribution in [0.1, 0.15) is 42.6 Å². The first-order valence-corrected chi connectivity index (χ1v) is 8.16. The summed E-state index contributed by atoms with van der Waals surface area (Å²) in [6.07, 6.45) is 0. The van der Waals surface area contributed by atoms with E-state index in [0.29, 0.717) is 5.92 Å². The average molecular weight is 349 g/mol. The van der Waals surface area contributed by atoms with Gasteiger partial charge in [0.15, 0.2) is 5.78 Å². The zero-order valence-corrected chi connectivity index (χ0v) is 14.2. The van der Waals surface area contributed by atoms with Crippen molar-refractivity contribution in [3.63, 3.8) is 0 Å². The van der Waals surface area contributed by atoms with Crippen LogP contribution in [0.3, 0.4) is 0 Å². The molecule has 2 aromatic rings. The number of hydrogen-bond donors (Lipinski definition) is 0. The summed E-state index contributed by atoms with van der Waals surface area (Å²) in [6.45, 7) is 5.97. The maximum Gasteiger partial charge on any atom is 0.160 e. The molecule has 0 aliphatic carbocycles. The molecule has 3 heteroatoms. The van der Waals surface area contributed by atoms with E-state index in [1.165, 1.54) is 10.5 Å². The zero-order valence-electron chi connectivity index (χ0n) is 11.8. The number of rotatable bonds is 4. The first kappa shape index (κ1) is 15.3. The molecule has 0 N–H and O–H groups in total. The van der Waals surface area contributed by atoms with E-state index < -0.39 is 0 Å². The molecule has 0 bridgehead atoms. The third-order valence-corrected chi connectivity index (χ3v) is 4.76. The fourth-order valence-corrected chi connectivity index (χ4v) is 3.57. The third kappa shape index (κ3) is 3.74. The highest BCUT2D eigenvalue weighted by Crippen LogP contribution is 2.32. The standard InChI is InChI=1S/C17H17BrOS/c1-11(2)13-4-6-14(7-5-13)20-15-8-9-16(12(3)19)17(18)10-15/h4-11H,1-3H3. The summed E-state index contributed by atoms with van der Waals surface area (Å²) < 4.78 is 0.855. The Kier molecular flexibility index (Phi) is 5.06. The lowest BCUT2D eigenvalue weighted by molar-refractivity contribution is 0.101. The second-order valence-corrected chi connectivity index (χ2v) is 7.02. The first-order valence-electron chi connectivity index (χ1n) is 6.55. The molecule has 0 amide bonds. The van der Waals surface area contributed by atoms with Crippen molar-refractivity contribution in [1.82, 2.24) is 0 Å². The highest BCUT2D eigenvalue weighted by atomic mass is 79.9. The summed E-state index contributed by atoms with van der Waals surface area (Å²) in [5.41, 5.74) is 2.08. The Morgan fingerprint density at radius 1 is 1.05 bits per heavy atom. The maximum atomic E-state index is 11.4. The van der Waals surface area contributed by atoms with Crippen LogP contribution in [0.25, 0.3) is 0 Å². The normalized spacial score (nSPS) is 10.8. The van der Waals surface area contributed by atoms with Crippen LogP contribution in [-0.2, 0) is 0 Å². The van der Waals surface area contributed by atoms with Crippen LogP contribution in [0.4, 0.5) is 0 Å². The molecule has 0 atom stereocenters. The summed E-state index contributed by atoms with van der Waals surface area (Å²) in [4.78, 5) is 13.7. The fraction of sp³-hybridized carbons (Fsp3) is 0.235. The lowest BCUT2D eigenvalue weighted by Crippen LogP contribution is -1.93. The minimum Gasteiger partial charge on any atom is -0.294 e. The van der Waals surface area contributed by atoms with Gasteiger partial charge < -0.3 is 0 Å². The molecule has 0 saturated carbocycles. The molecular formula is C17H17BrOS. The molecule has 2 rings (SSSR count). The molecule has 1 nitrogen and oxygen atoms in total. The number of Topliss-reactive ketones (excluding diaryl/α,β-unsaturated/α-hetero) is 1. The van der Waals surface area contributed by atoms with Gasteiger partial charge in [-0.3, -0.25) is 4.79 Å². The van der Waals surface area contributed by atoms with Gasteiger partial charge in [0.25, 0.3) is 0 Å². The summed E-state index contributed by atoms with van der Waals surface area (Å²) in [7, 11) is 0. The molecule has 20 heavy (non-hydrogen) atoms. The summed E-state index contributed by atoms with van der Waals surface area (Å²) >= 11 is 5.16. The average Bonchev–Trinajstić information content (AvgIpc) is 2.39. The molecular weight excluding hydrogens is 332 g/mol. The van der Waals surface area contributed by atoms with Gasteiger partial charge in [-0.05, 0) is 48.7 Å². The van der Waals surface area contributed by atoms with E-state index in [1.54, 1.807) is 18.7 Å². The van der Waals surface area contributed by atoms with Crippen LogP contribution in [0, 0.1) is 0 Å². The molecule has 104 valence electrons. The molecule has 0 aromatic heterocycles. The number of halogens is 1. The monoisotopic (exact) mass is 348 g/mol. The Bertz CT molecular complexity index is 617. The molecule has 0 aliphatic rings. The van der Waals surface area contributed by atoms with Gasteiger partial charge in [-0.15, -0.1) is 0 Å². The Labute approximate surface area is 132 Å². The number of carbonyl (C=O) groups is 1. The number of benzene rings is 2. The SMILES string of the molecule is CC(=O)c1ccc(Sc2ccc(C(C)C)cc2)cc1Br. The molecule has 0 radical (unpaired) electrons. The van der Waals surface area contributed by atoms with Crippen molar-refractivity contribution in [3.05, 3.63) is 58.1 Å². The summed E-state index contributed by atoms with van der Waals surface area (Å²) in [5, 5.41) is 0. The van der Waals surface area contributed by atoms with Gasteiger partial charge in [0, 0.05) is 19.8 Å². The van der Waals surface area contributed by atoms with E-state index in [1.807, 2.05) is 18.2 Å². The lowest BCUT2D eigenvalue weighted by atomic mass is 10.0. The number of ketones is 1. The van der Waals surface area contributed by atoms with Crippen LogP contribution in [0.5, 0.6) is 0 Å². The van der Waals surface area contributed by atoms with E-state index in [2.05, 4.69) is 54.0 Å². The number of carbonyl (C=O) groups excluding carboxylic acids is 1. The van der Waals surface area contributed by atoms with Crippen molar-refractivity contribution in [3.8, 4) is 0 Å². The number of hydrogen-bond acceptors (Lipinski definition) is 2. The first-order chi connectivity index (χ1) is 9.47. The van der Waals surface area contributed by atoms with Crippen LogP contribution < -0.4 is 0 Å². The van der Waals surface area contributed by atoms with Gasteiger partial charge >= 0.3 is 0 Å². The largest absolute Gasteiger partial charge is 0.294 e. The summed E-state index contributed by atoms with van der Waals surface area (Å²) in [6, 6.07) is 14.5. The van der Waals surface area contributed by atoms with Crippen LogP contribution in [-0.4, -0.2) is 5.78 Å². The minimum absolute atomic E-state index is 0.0784. The molecule has 0 heterocycles. The van der Waals surface area contributed by atoms with Gasteiger partial charge in [-0.25, -0.2) is 0 Å². The molecule has 2 aromatic carbocycles. The van der Waals surface area contributed by atoms with E-state index in [-0.39, 0.29) is 5.78 Å². The highest BCUT2D eigenvalue weighted by Gasteiger charge is 2.07. The predicted molar refractivity (Wildman–Crippen MR) is 88.8 cm³/mol. The second kappa shape index (κ2) is 6.59. The predicted octanol–water partition coefficient (Wildman–Crippen LogP) is 5.93. The molecule has 0 unspecified atom stereocenters. The van der Waals surface area contributed by atoms with Crippen LogP contribution >= 0.6 is 27.7 Å². The van der Waals surface area contributed by atoms with Crippen LogP contribution in [0.2, 0.25) is 0 Å². The lowest BCUT2D eigenvalue weighted by Gasteiger charge is -2.08. The Morgan fingerprint density at radius 2 is 1.65 bits per heavy atom. The van der Waals surface area contributed by atoms with E-state index >= 15 is 0 Å². The molecule has 0 fully saturated rings. The Hall–Kier alpha value is -1.06. The van der Waals surface area contributed by atoms with Crippen molar-refractivity contribution < 1.29 is 4.79 Å². The van der Waals surface area contributed by atoms with Crippen LogP contribution in [0.15, 0.2) is 56.7 Å². The van der Waals surface area contributed by atoms with Gasteiger partial charge in [0.2, 0.25) is 0 Å². The minimum atomic E-state index is 0.0784. The van der Waals surface area contributed by atoms with Crippen molar-refractivity contribution in [2.75, 3.05) is 0 Å². The Morgan fingerprint density at radius 3 is 2.15 bits per heavy atom. The Balaban J connectivity index is 2.17. The maximum absolute atomic E-state index is 11.4. The molecule has 0 saturated heterocycles. The summed E-state index contributed by atoms with van der Waals surface area (Å²) in [5.74, 6) is 0.632.